The lowest BCUT2D eigenvalue weighted by atomic mass is 10.0. The normalized spacial score (nSPS) is 20.2. The van der Waals surface area contributed by atoms with Crippen LogP contribution in [0.25, 0.3) is 0 Å². The smallest absolute Gasteiger partial charge is 0.387 e. The molecule has 6 heteroatoms. The van der Waals surface area contributed by atoms with Crippen LogP contribution in [-0.2, 0) is 4.74 Å². The van der Waals surface area contributed by atoms with E-state index in [0.717, 1.165) is 31.6 Å². The number of alkyl halides is 2. The maximum absolute atomic E-state index is 12.1. The van der Waals surface area contributed by atoms with Gasteiger partial charge < -0.3 is 15.2 Å². The Hall–Kier alpha value is -1.24. The standard InChI is InChI=1S/C15H22F2N2O2/c1-19(10-13-3-2-8-20-13)14(9-18)11-4-6-12(7-5-11)21-15(16)17/h4-7,13-15H,2-3,8-10,18H2,1H3. The third-order valence-electron chi connectivity index (χ3n) is 3.76. The third-order valence-corrected chi connectivity index (χ3v) is 3.76. The van der Waals surface area contributed by atoms with Crippen LogP contribution in [0.2, 0.25) is 0 Å². The Morgan fingerprint density at radius 1 is 1.38 bits per heavy atom. The van der Waals surface area contributed by atoms with Crippen LogP contribution in [-0.4, -0.2) is 44.4 Å². The van der Waals surface area contributed by atoms with E-state index in [1.54, 1.807) is 24.3 Å². The van der Waals surface area contributed by atoms with Crippen molar-refractivity contribution in [2.24, 2.45) is 5.73 Å². The van der Waals surface area contributed by atoms with Crippen LogP contribution < -0.4 is 10.5 Å². The van der Waals surface area contributed by atoms with Crippen molar-refractivity contribution in [1.29, 1.82) is 0 Å². The maximum atomic E-state index is 12.1. The number of nitrogens with two attached hydrogens (primary N) is 1. The summed E-state index contributed by atoms with van der Waals surface area (Å²) in [7, 11) is 2.00. The number of benzene rings is 1. The van der Waals surface area contributed by atoms with Crippen LogP contribution >= 0.6 is 0 Å². The van der Waals surface area contributed by atoms with Crippen molar-refractivity contribution in [3.8, 4) is 5.75 Å². The van der Waals surface area contributed by atoms with E-state index in [-0.39, 0.29) is 17.9 Å². The monoisotopic (exact) mass is 300 g/mol. The summed E-state index contributed by atoms with van der Waals surface area (Å²) in [4.78, 5) is 2.15. The van der Waals surface area contributed by atoms with E-state index in [1.165, 1.54) is 0 Å². The second-order valence-corrected chi connectivity index (χ2v) is 5.27. The van der Waals surface area contributed by atoms with Gasteiger partial charge in [-0.3, -0.25) is 4.90 Å². The van der Waals surface area contributed by atoms with Crippen molar-refractivity contribution in [3.63, 3.8) is 0 Å². The average Bonchev–Trinajstić information content (AvgIpc) is 2.93. The molecule has 4 nitrogen and oxygen atoms in total. The molecule has 0 aromatic heterocycles. The Morgan fingerprint density at radius 3 is 2.62 bits per heavy atom. The molecule has 1 saturated heterocycles. The van der Waals surface area contributed by atoms with Gasteiger partial charge in [0.15, 0.2) is 0 Å². The summed E-state index contributed by atoms with van der Waals surface area (Å²) in [6.07, 6.45) is 2.43. The van der Waals surface area contributed by atoms with Gasteiger partial charge in [-0.05, 0) is 37.6 Å². The van der Waals surface area contributed by atoms with Crippen molar-refractivity contribution in [2.75, 3.05) is 26.7 Å². The summed E-state index contributed by atoms with van der Waals surface area (Å²) in [5, 5.41) is 0. The molecule has 0 amide bonds. The van der Waals surface area contributed by atoms with Crippen molar-refractivity contribution in [3.05, 3.63) is 29.8 Å². The lowest BCUT2D eigenvalue weighted by molar-refractivity contribution is -0.0498. The first kappa shape index (κ1) is 16.1. The number of rotatable bonds is 7. The van der Waals surface area contributed by atoms with Crippen LogP contribution in [0.1, 0.15) is 24.4 Å². The molecule has 21 heavy (non-hydrogen) atoms. The number of halogens is 2. The van der Waals surface area contributed by atoms with Gasteiger partial charge in [0.1, 0.15) is 5.75 Å². The fourth-order valence-corrected chi connectivity index (χ4v) is 2.68. The third kappa shape index (κ3) is 4.62. The highest BCUT2D eigenvalue weighted by Gasteiger charge is 2.22. The molecule has 1 aliphatic heterocycles. The van der Waals surface area contributed by atoms with Gasteiger partial charge in [-0.15, -0.1) is 0 Å². The average molecular weight is 300 g/mol. The molecule has 0 radical (unpaired) electrons. The molecule has 1 aromatic carbocycles. The molecule has 0 bridgehead atoms. The first-order valence-electron chi connectivity index (χ1n) is 7.17. The van der Waals surface area contributed by atoms with Crippen LogP contribution in [0.3, 0.4) is 0 Å². The van der Waals surface area contributed by atoms with Crippen LogP contribution in [0, 0.1) is 0 Å². The van der Waals surface area contributed by atoms with Crippen LogP contribution in [0.15, 0.2) is 24.3 Å². The fourth-order valence-electron chi connectivity index (χ4n) is 2.68. The van der Waals surface area contributed by atoms with Gasteiger partial charge in [-0.25, -0.2) is 0 Å². The molecule has 2 atom stereocenters. The van der Waals surface area contributed by atoms with E-state index in [1.807, 2.05) is 7.05 Å². The summed E-state index contributed by atoms with van der Waals surface area (Å²) in [6, 6.07) is 6.69. The molecule has 0 spiro atoms. The van der Waals surface area contributed by atoms with Crippen molar-refractivity contribution >= 4 is 0 Å². The Morgan fingerprint density at radius 2 is 2.10 bits per heavy atom. The van der Waals surface area contributed by atoms with E-state index in [2.05, 4.69) is 9.64 Å². The maximum Gasteiger partial charge on any atom is 0.387 e. The van der Waals surface area contributed by atoms with Crippen molar-refractivity contribution < 1.29 is 18.3 Å². The topological polar surface area (TPSA) is 47.7 Å². The molecule has 2 N–H and O–H groups in total. The molecule has 1 fully saturated rings. The van der Waals surface area contributed by atoms with E-state index in [0.29, 0.717) is 6.54 Å². The number of likely N-dealkylation sites (N-methyl/N-ethyl adjacent to an activating group) is 1. The number of nitrogens with zero attached hydrogens (tertiary/aromatic N) is 1. The van der Waals surface area contributed by atoms with Gasteiger partial charge in [0.05, 0.1) is 6.10 Å². The highest BCUT2D eigenvalue weighted by molar-refractivity contribution is 5.29. The Bertz CT molecular complexity index is 422. The molecule has 2 unspecified atom stereocenters. The first-order valence-corrected chi connectivity index (χ1v) is 7.17. The molecule has 1 heterocycles. The zero-order chi connectivity index (χ0) is 15.2. The zero-order valence-electron chi connectivity index (χ0n) is 12.2. The zero-order valence-corrected chi connectivity index (χ0v) is 12.2. The Labute approximate surface area is 123 Å². The molecule has 0 saturated carbocycles. The lowest BCUT2D eigenvalue weighted by Crippen LogP contribution is -2.36. The van der Waals surface area contributed by atoms with E-state index in [4.69, 9.17) is 10.5 Å². The lowest BCUT2D eigenvalue weighted by Gasteiger charge is -2.29. The molecule has 2 rings (SSSR count). The summed E-state index contributed by atoms with van der Waals surface area (Å²) < 4.78 is 34.3. The predicted molar refractivity (Wildman–Crippen MR) is 76.5 cm³/mol. The summed E-state index contributed by atoms with van der Waals surface area (Å²) in [5.74, 6) is 0.159. The molecule has 1 aromatic rings. The SMILES string of the molecule is CN(CC1CCCO1)C(CN)c1ccc(OC(F)F)cc1. The second kappa shape index (κ2) is 7.68. The molecule has 0 aliphatic carbocycles. The van der Waals surface area contributed by atoms with Gasteiger partial charge in [-0.2, -0.15) is 8.78 Å². The predicted octanol–water partition coefficient (Wildman–Crippen LogP) is 2.40. The second-order valence-electron chi connectivity index (χ2n) is 5.27. The van der Waals surface area contributed by atoms with Gasteiger partial charge in [-0.1, -0.05) is 12.1 Å². The van der Waals surface area contributed by atoms with Gasteiger partial charge >= 0.3 is 6.61 Å². The molecule has 118 valence electrons. The van der Waals surface area contributed by atoms with Crippen LogP contribution in [0.4, 0.5) is 8.78 Å². The first-order chi connectivity index (χ1) is 10.1. The summed E-state index contributed by atoms with van der Waals surface area (Å²) >= 11 is 0. The minimum Gasteiger partial charge on any atom is -0.435 e. The van der Waals surface area contributed by atoms with Crippen LogP contribution in [0.5, 0.6) is 5.75 Å². The number of hydrogen-bond acceptors (Lipinski definition) is 4. The Balaban J connectivity index is 1.98. The highest BCUT2D eigenvalue weighted by atomic mass is 19.3. The van der Waals surface area contributed by atoms with Gasteiger partial charge in [0.25, 0.3) is 0 Å². The minimum absolute atomic E-state index is 0.0369. The van der Waals surface area contributed by atoms with Gasteiger partial charge in [0, 0.05) is 25.7 Å². The van der Waals surface area contributed by atoms with Crippen molar-refractivity contribution in [1.82, 2.24) is 4.90 Å². The largest absolute Gasteiger partial charge is 0.435 e. The van der Waals surface area contributed by atoms with Crippen molar-refractivity contribution in [2.45, 2.75) is 31.6 Å². The van der Waals surface area contributed by atoms with E-state index >= 15 is 0 Å². The number of hydrogen-bond donors (Lipinski definition) is 1. The minimum atomic E-state index is -2.80. The number of ether oxygens (including phenoxy) is 2. The summed E-state index contributed by atoms with van der Waals surface area (Å²) in [6.45, 7) is -0.704. The molecular weight excluding hydrogens is 278 g/mol. The van der Waals surface area contributed by atoms with Gasteiger partial charge in [0.2, 0.25) is 0 Å². The molecular formula is C15H22F2N2O2. The highest BCUT2D eigenvalue weighted by Crippen LogP contribution is 2.24. The fraction of sp³-hybridized carbons (Fsp3) is 0.600. The summed E-state index contributed by atoms with van der Waals surface area (Å²) in [5.41, 5.74) is 6.85. The van der Waals surface area contributed by atoms with E-state index < -0.39 is 6.61 Å². The quantitative estimate of drug-likeness (QED) is 0.840. The molecule has 1 aliphatic rings. The Kier molecular flexibility index (Phi) is 5.90. The van der Waals surface area contributed by atoms with E-state index in [9.17, 15) is 8.78 Å².